The Morgan fingerprint density at radius 1 is 1.11 bits per heavy atom. The molecule has 0 aromatic heterocycles. The number of benzene rings is 1. The van der Waals surface area contributed by atoms with Crippen molar-refractivity contribution in [3.05, 3.63) is 35.9 Å². The van der Waals surface area contributed by atoms with E-state index in [-0.39, 0.29) is 37.7 Å². The highest BCUT2D eigenvalue weighted by molar-refractivity contribution is 6.10. The average Bonchev–Trinajstić information content (AvgIpc) is 3.24. The van der Waals surface area contributed by atoms with E-state index in [0.717, 1.165) is 5.56 Å². The third-order valence-electron chi connectivity index (χ3n) is 6.24. The van der Waals surface area contributed by atoms with Gasteiger partial charge in [0.1, 0.15) is 6.04 Å². The Kier molecular flexibility index (Phi) is 10.2. The Hall–Kier alpha value is -3.51. The molecule has 192 valence electrons. The fourth-order valence-corrected chi connectivity index (χ4v) is 4.54. The summed E-state index contributed by atoms with van der Waals surface area (Å²) in [5.74, 6) is -3.69. The van der Waals surface area contributed by atoms with Gasteiger partial charge in [-0.25, -0.2) is 4.79 Å². The normalized spacial score (nSPS) is 19.5. The zero-order valence-corrected chi connectivity index (χ0v) is 19.6. The minimum atomic E-state index is -1.97. The van der Waals surface area contributed by atoms with Gasteiger partial charge in [0.25, 0.3) is 0 Å². The molecule has 1 fully saturated rings. The highest BCUT2D eigenvalue weighted by atomic mass is 16.4. The number of hydrogen-bond acceptors (Lipinski definition) is 7. The number of carboxylic acid groups (broad SMARTS) is 2. The minimum Gasteiger partial charge on any atom is -0.480 e. The summed E-state index contributed by atoms with van der Waals surface area (Å²) >= 11 is 0. The van der Waals surface area contributed by atoms with Gasteiger partial charge < -0.3 is 27.0 Å². The quantitative estimate of drug-likeness (QED) is 0.0806. The van der Waals surface area contributed by atoms with E-state index >= 15 is 0 Å². The molecule has 3 atom stereocenters. The highest BCUT2D eigenvalue weighted by Crippen LogP contribution is 2.35. The summed E-state index contributed by atoms with van der Waals surface area (Å²) in [6.45, 7) is 0.558. The molecule has 2 rings (SSSR count). The molecule has 0 spiro atoms. The number of hydrogen-bond donors (Lipinski definition) is 8. The molecule has 1 aromatic rings. The Labute approximate surface area is 204 Å². The molecule has 12 nitrogen and oxygen atoms in total. The first kappa shape index (κ1) is 27.7. The van der Waals surface area contributed by atoms with Crippen molar-refractivity contribution in [2.24, 2.45) is 11.5 Å². The number of carboxylic acids is 2. The van der Waals surface area contributed by atoms with Crippen LogP contribution < -0.4 is 22.1 Å². The molecular formula is C23H35N7O5. The molecule has 1 aliphatic rings. The third-order valence-corrected chi connectivity index (χ3v) is 6.24. The number of nitrogens with zero attached hydrogens (tertiary/aromatic N) is 1. The number of Topliss-reactive ketones (excluding diaryl/α,β-unsaturated/α-hetero) is 1. The first-order valence-electron chi connectivity index (χ1n) is 11.6. The van der Waals surface area contributed by atoms with E-state index in [0.29, 0.717) is 32.2 Å². The summed E-state index contributed by atoms with van der Waals surface area (Å²) in [6.07, 6.45) is 2.25. The van der Waals surface area contributed by atoms with Crippen LogP contribution >= 0.6 is 0 Å². The molecule has 1 heterocycles. The minimum absolute atomic E-state index is 0.0133. The average molecular weight is 490 g/mol. The van der Waals surface area contributed by atoms with Crippen molar-refractivity contribution in [3.8, 4) is 0 Å². The van der Waals surface area contributed by atoms with Gasteiger partial charge >= 0.3 is 11.9 Å². The van der Waals surface area contributed by atoms with Crippen LogP contribution in [0.4, 0.5) is 0 Å². The van der Waals surface area contributed by atoms with E-state index in [2.05, 4.69) is 10.6 Å². The lowest BCUT2D eigenvalue weighted by molar-refractivity contribution is -0.161. The summed E-state index contributed by atoms with van der Waals surface area (Å²) in [5.41, 5.74) is 10.2. The molecule has 0 saturated carbocycles. The number of nitrogens with two attached hydrogens (primary N) is 2. The number of likely N-dealkylation sites (tertiary alicyclic amines) is 1. The lowest BCUT2D eigenvalue weighted by Crippen LogP contribution is -2.64. The van der Waals surface area contributed by atoms with E-state index in [1.165, 1.54) is 4.90 Å². The van der Waals surface area contributed by atoms with Crippen molar-refractivity contribution in [1.82, 2.24) is 15.5 Å². The predicted octanol–water partition coefficient (Wildman–Crippen LogP) is 0.0657. The second-order valence-corrected chi connectivity index (χ2v) is 8.65. The van der Waals surface area contributed by atoms with E-state index in [4.69, 9.17) is 22.3 Å². The van der Waals surface area contributed by atoms with Gasteiger partial charge in [-0.05, 0) is 50.5 Å². The molecular weight excluding hydrogens is 454 g/mol. The first-order valence-corrected chi connectivity index (χ1v) is 11.6. The van der Waals surface area contributed by atoms with Gasteiger partial charge in [0.05, 0.1) is 6.04 Å². The van der Waals surface area contributed by atoms with Crippen LogP contribution in [0.3, 0.4) is 0 Å². The number of nitrogens with one attached hydrogen (secondary N) is 4. The fourth-order valence-electron chi connectivity index (χ4n) is 4.54. The Bertz CT molecular complexity index is 926. The van der Waals surface area contributed by atoms with Gasteiger partial charge in [-0.3, -0.25) is 30.6 Å². The standard InChI is InChI=1S/C23H35N7O5/c24-16(9-4-5-13-28-22(27)29-21(25)26)18(31)23(20(34)35)12-6-14-30(23)17(19(32)33)11-10-15-7-2-1-3-8-15/h1-3,7-8,16-17H,4-6,9-14,24H2,(H,32,33)(H,34,35)(H6,25,26,27,28,29)/t16-,17?,23+/m0/s1. The van der Waals surface area contributed by atoms with Crippen molar-refractivity contribution in [2.45, 2.75) is 62.6 Å². The number of aryl methyl sites for hydroxylation is 1. The lowest BCUT2D eigenvalue weighted by Gasteiger charge is -2.38. The summed E-state index contributed by atoms with van der Waals surface area (Å²) in [7, 11) is 0. The monoisotopic (exact) mass is 489 g/mol. The molecule has 1 aromatic carbocycles. The number of aliphatic carboxylic acids is 2. The summed E-state index contributed by atoms with van der Waals surface area (Å²) < 4.78 is 0. The number of rotatable bonds is 13. The zero-order valence-electron chi connectivity index (χ0n) is 19.6. The summed E-state index contributed by atoms with van der Waals surface area (Å²) in [4.78, 5) is 39.3. The Morgan fingerprint density at radius 2 is 1.80 bits per heavy atom. The van der Waals surface area contributed by atoms with Crippen LogP contribution in [0.2, 0.25) is 0 Å². The van der Waals surface area contributed by atoms with Crippen molar-refractivity contribution in [2.75, 3.05) is 13.1 Å². The Morgan fingerprint density at radius 3 is 2.40 bits per heavy atom. The molecule has 1 unspecified atom stereocenters. The molecule has 1 aliphatic heterocycles. The van der Waals surface area contributed by atoms with Crippen molar-refractivity contribution in [3.63, 3.8) is 0 Å². The number of carbonyl (C=O) groups is 3. The van der Waals surface area contributed by atoms with Crippen LogP contribution in [0, 0.1) is 10.8 Å². The molecule has 1 saturated heterocycles. The van der Waals surface area contributed by atoms with Gasteiger partial charge in [0, 0.05) is 13.1 Å². The summed E-state index contributed by atoms with van der Waals surface area (Å²) in [5, 5.41) is 39.7. The van der Waals surface area contributed by atoms with Crippen molar-refractivity contribution >= 4 is 29.6 Å². The fraction of sp³-hybridized carbons (Fsp3) is 0.522. The second-order valence-electron chi connectivity index (χ2n) is 8.65. The molecule has 10 N–H and O–H groups in total. The maximum absolute atomic E-state index is 13.4. The van der Waals surface area contributed by atoms with E-state index in [1.807, 2.05) is 30.3 Å². The van der Waals surface area contributed by atoms with Gasteiger partial charge in [0.15, 0.2) is 23.2 Å². The lowest BCUT2D eigenvalue weighted by atomic mass is 9.84. The largest absolute Gasteiger partial charge is 0.480 e. The second kappa shape index (κ2) is 12.8. The maximum atomic E-state index is 13.4. The SMILES string of the molecule is N=C(N)NC(=N)NCCCC[C@H](N)C(=O)[C@@]1(C(=O)O)CCCN1C(CCc1ccccc1)C(=O)O. The number of unbranched alkanes of at least 4 members (excludes halogenated alkanes) is 1. The van der Waals surface area contributed by atoms with Gasteiger partial charge in [-0.2, -0.15) is 0 Å². The van der Waals surface area contributed by atoms with Crippen LogP contribution in [-0.2, 0) is 20.8 Å². The third kappa shape index (κ3) is 7.23. The maximum Gasteiger partial charge on any atom is 0.332 e. The van der Waals surface area contributed by atoms with E-state index < -0.39 is 35.3 Å². The molecule has 12 heteroatoms. The number of carbonyl (C=O) groups excluding carboxylic acids is 1. The molecule has 0 radical (unpaired) electrons. The van der Waals surface area contributed by atoms with Crippen LogP contribution in [-0.4, -0.2) is 75.5 Å². The number of ketones is 1. The zero-order chi connectivity index (χ0) is 26.0. The predicted molar refractivity (Wildman–Crippen MR) is 130 cm³/mol. The first-order chi connectivity index (χ1) is 16.6. The summed E-state index contributed by atoms with van der Waals surface area (Å²) in [6, 6.07) is 7.12. The van der Waals surface area contributed by atoms with Crippen molar-refractivity contribution in [1.29, 1.82) is 10.8 Å². The van der Waals surface area contributed by atoms with E-state index in [1.54, 1.807) is 0 Å². The number of guanidine groups is 2. The van der Waals surface area contributed by atoms with Gasteiger partial charge in [-0.1, -0.05) is 30.3 Å². The molecule has 0 bridgehead atoms. The molecule has 0 amide bonds. The van der Waals surface area contributed by atoms with E-state index in [9.17, 15) is 24.6 Å². The molecule has 0 aliphatic carbocycles. The van der Waals surface area contributed by atoms with Crippen LogP contribution in [0.1, 0.15) is 44.1 Å². The van der Waals surface area contributed by atoms with Crippen molar-refractivity contribution < 1.29 is 24.6 Å². The van der Waals surface area contributed by atoms with Gasteiger partial charge in [0.2, 0.25) is 0 Å². The van der Waals surface area contributed by atoms with Gasteiger partial charge in [-0.15, -0.1) is 0 Å². The van der Waals surface area contributed by atoms with Crippen LogP contribution in [0.15, 0.2) is 30.3 Å². The highest BCUT2D eigenvalue weighted by Gasteiger charge is 2.57. The topological polar surface area (TPSA) is 219 Å². The Balaban J connectivity index is 2.04. The molecule has 35 heavy (non-hydrogen) atoms. The smallest absolute Gasteiger partial charge is 0.332 e. The van der Waals surface area contributed by atoms with Crippen LogP contribution in [0.5, 0.6) is 0 Å². The van der Waals surface area contributed by atoms with Crippen LogP contribution in [0.25, 0.3) is 0 Å².